The summed E-state index contributed by atoms with van der Waals surface area (Å²) >= 11 is 11.5. The summed E-state index contributed by atoms with van der Waals surface area (Å²) < 4.78 is 3.64. The molecular formula is C15H16Br2INS. The van der Waals surface area contributed by atoms with Gasteiger partial charge in [-0.25, -0.2) is 0 Å². The average molecular weight is 529 g/mol. The number of nitrogens with one attached hydrogen (secondary N) is 1. The van der Waals surface area contributed by atoms with Crippen LogP contribution in [0.5, 0.6) is 0 Å². The van der Waals surface area contributed by atoms with Gasteiger partial charge in [0.1, 0.15) is 0 Å². The average Bonchev–Trinajstić information content (AvgIpc) is 2.74. The van der Waals surface area contributed by atoms with Gasteiger partial charge in [0.15, 0.2) is 0 Å². The highest BCUT2D eigenvalue weighted by molar-refractivity contribution is 14.1. The SMILES string of the molecule is CCCNC(c1cc(C)c(Br)s1)c1cc(Br)ccc1I. The lowest BCUT2D eigenvalue weighted by Crippen LogP contribution is -2.23. The minimum Gasteiger partial charge on any atom is -0.306 e. The number of rotatable bonds is 5. The second-order valence-electron chi connectivity index (χ2n) is 4.66. The fourth-order valence-electron chi connectivity index (χ4n) is 2.01. The maximum Gasteiger partial charge on any atom is 0.0731 e. The lowest BCUT2D eigenvalue weighted by molar-refractivity contribution is 0.603. The summed E-state index contributed by atoms with van der Waals surface area (Å²) in [6, 6.07) is 9.01. The maximum absolute atomic E-state index is 3.67. The van der Waals surface area contributed by atoms with Crippen LogP contribution in [-0.2, 0) is 0 Å². The number of thiophene rings is 1. The van der Waals surface area contributed by atoms with E-state index in [4.69, 9.17) is 0 Å². The van der Waals surface area contributed by atoms with Crippen molar-refractivity contribution >= 4 is 65.8 Å². The van der Waals surface area contributed by atoms with Crippen LogP contribution in [0.3, 0.4) is 0 Å². The van der Waals surface area contributed by atoms with Crippen LogP contribution in [0, 0.1) is 10.5 Å². The van der Waals surface area contributed by atoms with Crippen LogP contribution < -0.4 is 5.32 Å². The fourth-order valence-corrected chi connectivity index (χ4v) is 4.71. The monoisotopic (exact) mass is 527 g/mol. The molecule has 1 heterocycles. The van der Waals surface area contributed by atoms with Crippen molar-refractivity contribution in [3.05, 3.63) is 52.1 Å². The van der Waals surface area contributed by atoms with Gasteiger partial charge in [-0.15, -0.1) is 11.3 Å². The lowest BCUT2D eigenvalue weighted by atomic mass is 10.0. The molecule has 0 aliphatic rings. The normalized spacial score (nSPS) is 12.7. The summed E-state index contributed by atoms with van der Waals surface area (Å²) in [6.45, 7) is 5.36. The second kappa shape index (κ2) is 7.72. The summed E-state index contributed by atoms with van der Waals surface area (Å²) in [5, 5.41) is 3.67. The van der Waals surface area contributed by atoms with Crippen molar-refractivity contribution in [2.45, 2.75) is 26.3 Å². The molecule has 0 spiro atoms. The van der Waals surface area contributed by atoms with Crippen molar-refractivity contribution in [2.75, 3.05) is 6.54 Å². The Morgan fingerprint density at radius 3 is 2.65 bits per heavy atom. The zero-order valence-corrected chi connectivity index (χ0v) is 17.5. The van der Waals surface area contributed by atoms with Crippen LogP contribution in [-0.4, -0.2) is 6.54 Å². The van der Waals surface area contributed by atoms with E-state index >= 15 is 0 Å². The third kappa shape index (κ3) is 4.06. The van der Waals surface area contributed by atoms with Crippen LogP contribution in [0.25, 0.3) is 0 Å². The molecule has 108 valence electrons. The Morgan fingerprint density at radius 1 is 1.30 bits per heavy atom. The van der Waals surface area contributed by atoms with Gasteiger partial charge in [-0.05, 0) is 93.8 Å². The van der Waals surface area contributed by atoms with Crippen molar-refractivity contribution in [3.63, 3.8) is 0 Å². The van der Waals surface area contributed by atoms with E-state index in [0.29, 0.717) is 0 Å². The third-order valence-corrected chi connectivity index (χ3v) is 6.71. The predicted molar refractivity (Wildman–Crippen MR) is 104 cm³/mol. The fraction of sp³-hybridized carbons (Fsp3) is 0.333. The summed E-state index contributed by atoms with van der Waals surface area (Å²) in [4.78, 5) is 1.36. The number of hydrogen-bond donors (Lipinski definition) is 1. The van der Waals surface area contributed by atoms with E-state index in [1.165, 1.54) is 23.4 Å². The molecule has 0 fully saturated rings. The molecule has 0 aliphatic carbocycles. The predicted octanol–water partition coefficient (Wildman–Crippen LogP) is 6.28. The number of benzene rings is 1. The Bertz CT molecular complexity index is 578. The number of hydrogen-bond acceptors (Lipinski definition) is 2. The molecule has 1 nitrogen and oxygen atoms in total. The van der Waals surface area contributed by atoms with E-state index in [1.807, 2.05) is 11.3 Å². The van der Waals surface area contributed by atoms with E-state index in [2.05, 4.69) is 97.9 Å². The Labute approximate surface area is 155 Å². The summed E-state index contributed by atoms with van der Waals surface area (Å²) in [7, 11) is 0. The maximum atomic E-state index is 3.67. The van der Waals surface area contributed by atoms with E-state index in [1.54, 1.807) is 0 Å². The van der Waals surface area contributed by atoms with Crippen molar-refractivity contribution in [3.8, 4) is 0 Å². The molecule has 0 bridgehead atoms. The van der Waals surface area contributed by atoms with Gasteiger partial charge in [-0.2, -0.15) is 0 Å². The molecular weight excluding hydrogens is 513 g/mol. The highest BCUT2D eigenvalue weighted by atomic mass is 127. The van der Waals surface area contributed by atoms with Gasteiger partial charge in [-0.3, -0.25) is 0 Å². The van der Waals surface area contributed by atoms with E-state index in [-0.39, 0.29) is 6.04 Å². The molecule has 0 amide bonds. The zero-order chi connectivity index (χ0) is 14.7. The Hall–Kier alpha value is 0.570. The first-order valence-corrected chi connectivity index (χ1v) is 9.95. The van der Waals surface area contributed by atoms with E-state index < -0.39 is 0 Å². The number of halogens is 3. The first kappa shape index (κ1) is 16.9. The quantitative estimate of drug-likeness (QED) is 0.451. The van der Waals surface area contributed by atoms with Crippen molar-refractivity contribution in [1.82, 2.24) is 5.32 Å². The van der Waals surface area contributed by atoms with Gasteiger partial charge >= 0.3 is 0 Å². The second-order valence-corrected chi connectivity index (χ2v) is 9.14. The molecule has 1 aromatic carbocycles. The summed E-state index contributed by atoms with van der Waals surface area (Å²) in [5.41, 5.74) is 2.64. The molecule has 2 aromatic rings. The van der Waals surface area contributed by atoms with Crippen LogP contribution >= 0.6 is 65.8 Å². The first-order chi connectivity index (χ1) is 9.52. The Balaban J connectivity index is 2.43. The van der Waals surface area contributed by atoms with Crippen molar-refractivity contribution in [2.24, 2.45) is 0 Å². The van der Waals surface area contributed by atoms with Gasteiger partial charge in [0.25, 0.3) is 0 Å². The van der Waals surface area contributed by atoms with Gasteiger partial charge in [0.2, 0.25) is 0 Å². The molecule has 1 atom stereocenters. The summed E-state index contributed by atoms with van der Waals surface area (Å²) in [6.07, 6.45) is 1.13. The molecule has 2 rings (SSSR count). The minimum atomic E-state index is 0.259. The Kier molecular flexibility index (Phi) is 6.53. The van der Waals surface area contributed by atoms with Crippen molar-refractivity contribution < 1.29 is 0 Å². The molecule has 1 unspecified atom stereocenters. The molecule has 20 heavy (non-hydrogen) atoms. The Morgan fingerprint density at radius 2 is 2.05 bits per heavy atom. The molecule has 1 N–H and O–H groups in total. The highest BCUT2D eigenvalue weighted by Gasteiger charge is 2.19. The van der Waals surface area contributed by atoms with E-state index in [0.717, 1.165) is 17.4 Å². The molecule has 5 heteroatoms. The smallest absolute Gasteiger partial charge is 0.0731 e. The van der Waals surface area contributed by atoms with Crippen LogP contribution in [0.2, 0.25) is 0 Å². The van der Waals surface area contributed by atoms with Crippen LogP contribution in [0.15, 0.2) is 32.5 Å². The minimum absolute atomic E-state index is 0.259. The van der Waals surface area contributed by atoms with Gasteiger partial charge < -0.3 is 5.32 Å². The topological polar surface area (TPSA) is 12.0 Å². The van der Waals surface area contributed by atoms with E-state index in [9.17, 15) is 0 Å². The number of aryl methyl sites for hydroxylation is 1. The highest BCUT2D eigenvalue weighted by Crippen LogP contribution is 2.36. The van der Waals surface area contributed by atoms with Crippen LogP contribution in [0.4, 0.5) is 0 Å². The molecule has 0 saturated carbocycles. The molecule has 1 aromatic heterocycles. The molecule has 0 saturated heterocycles. The molecule has 0 aliphatic heterocycles. The van der Waals surface area contributed by atoms with Crippen LogP contribution in [0.1, 0.15) is 35.4 Å². The first-order valence-electron chi connectivity index (χ1n) is 6.47. The molecule has 0 radical (unpaired) electrons. The standard InChI is InChI=1S/C15H16Br2INS/c1-3-6-19-14(13-7-9(2)15(17)20-13)11-8-10(16)4-5-12(11)18/h4-5,7-8,14,19H,3,6H2,1-2H3. The van der Waals surface area contributed by atoms with Gasteiger partial charge in [-0.1, -0.05) is 22.9 Å². The van der Waals surface area contributed by atoms with Gasteiger partial charge in [0, 0.05) is 12.9 Å². The van der Waals surface area contributed by atoms with Crippen molar-refractivity contribution in [1.29, 1.82) is 0 Å². The third-order valence-electron chi connectivity index (χ3n) is 3.03. The summed E-state index contributed by atoms with van der Waals surface area (Å²) in [5.74, 6) is 0. The lowest BCUT2D eigenvalue weighted by Gasteiger charge is -2.19. The van der Waals surface area contributed by atoms with Gasteiger partial charge in [0.05, 0.1) is 9.83 Å². The zero-order valence-electron chi connectivity index (χ0n) is 11.3. The largest absolute Gasteiger partial charge is 0.306 e.